The predicted molar refractivity (Wildman–Crippen MR) is 58.7 cm³/mol. The molecule has 2 rings (SSSR count). The number of ether oxygens (including phenoxy) is 1. The van der Waals surface area contributed by atoms with Crippen LogP contribution in [0, 0.1) is 0 Å². The molecule has 5 nitrogen and oxygen atoms in total. The van der Waals surface area contributed by atoms with Crippen LogP contribution in [0.4, 0.5) is 0 Å². The maximum atomic E-state index is 5.55. The third kappa shape index (κ3) is 3.90. The molecule has 0 aliphatic heterocycles. The molecule has 0 bridgehead atoms. The summed E-state index contributed by atoms with van der Waals surface area (Å²) in [6.07, 6.45) is 2.52. The van der Waals surface area contributed by atoms with Crippen LogP contribution in [-0.2, 0) is 17.9 Å². The van der Waals surface area contributed by atoms with E-state index in [1.165, 1.54) is 12.8 Å². The van der Waals surface area contributed by atoms with E-state index in [-0.39, 0.29) is 5.60 Å². The van der Waals surface area contributed by atoms with E-state index in [1.54, 1.807) is 0 Å². The van der Waals surface area contributed by atoms with Crippen molar-refractivity contribution < 1.29 is 9.26 Å². The van der Waals surface area contributed by atoms with E-state index in [0.29, 0.717) is 30.9 Å². The molecule has 1 fully saturated rings. The van der Waals surface area contributed by atoms with E-state index in [9.17, 15) is 0 Å². The summed E-state index contributed by atoms with van der Waals surface area (Å²) in [4.78, 5) is 4.25. The molecule has 1 saturated carbocycles. The van der Waals surface area contributed by atoms with E-state index in [1.807, 2.05) is 20.8 Å². The van der Waals surface area contributed by atoms with Gasteiger partial charge in [-0.05, 0) is 33.6 Å². The van der Waals surface area contributed by atoms with Gasteiger partial charge in [-0.1, -0.05) is 5.16 Å². The highest BCUT2D eigenvalue weighted by molar-refractivity contribution is 4.88. The van der Waals surface area contributed by atoms with Crippen molar-refractivity contribution in [2.75, 3.05) is 0 Å². The van der Waals surface area contributed by atoms with Crippen LogP contribution in [0.1, 0.15) is 45.3 Å². The summed E-state index contributed by atoms with van der Waals surface area (Å²) in [5, 5.41) is 7.22. The molecule has 5 heteroatoms. The molecule has 0 spiro atoms. The first kappa shape index (κ1) is 11.5. The Morgan fingerprint density at radius 2 is 2.19 bits per heavy atom. The smallest absolute Gasteiger partial charge is 0.252 e. The summed E-state index contributed by atoms with van der Waals surface area (Å²) in [6, 6.07) is 0.660. The van der Waals surface area contributed by atoms with Gasteiger partial charge < -0.3 is 14.6 Å². The van der Waals surface area contributed by atoms with Crippen molar-refractivity contribution in [1.29, 1.82) is 0 Å². The Bertz CT molecular complexity index is 339. The molecule has 1 aliphatic rings. The van der Waals surface area contributed by atoms with Crippen LogP contribution < -0.4 is 5.32 Å². The van der Waals surface area contributed by atoms with Crippen molar-refractivity contribution in [3.05, 3.63) is 11.7 Å². The largest absolute Gasteiger partial charge is 0.366 e. The fourth-order valence-electron chi connectivity index (χ4n) is 1.22. The summed E-state index contributed by atoms with van der Waals surface area (Å²) in [7, 11) is 0. The Morgan fingerprint density at radius 3 is 2.81 bits per heavy atom. The van der Waals surface area contributed by atoms with Crippen LogP contribution in [0.2, 0.25) is 0 Å². The fraction of sp³-hybridized carbons (Fsp3) is 0.818. The third-order valence-corrected chi connectivity index (χ3v) is 2.27. The van der Waals surface area contributed by atoms with Gasteiger partial charge in [-0.25, -0.2) is 0 Å². The molecular weight excluding hydrogens is 206 g/mol. The molecule has 1 aromatic rings. The van der Waals surface area contributed by atoms with Gasteiger partial charge in [0.15, 0.2) is 5.82 Å². The topological polar surface area (TPSA) is 60.2 Å². The highest BCUT2D eigenvalue weighted by atomic mass is 16.5. The highest BCUT2D eigenvalue weighted by Crippen LogP contribution is 2.19. The molecule has 1 aromatic heterocycles. The zero-order valence-corrected chi connectivity index (χ0v) is 10.1. The Morgan fingerprint density at radius 1 is 1.44 bits per heavy atom. The molecule has 0 unspecified atom stereocenters. The first-order valence-electron chi connectivity index (χ1n) is 5.72. The first-order chi connectivity index (χ1) is 7.53. The minimum Gasteiger partial charge on any atom is -0.366 e. The number of aromatic nitrogens is 2. The van der Waals surface area contributed by atoms with Crippen LogP contribution >= 0.6 is 0 Å². The fourth-order valence-corrected chi connectivity index (χ4v) is 1.22. The van der Waals surface area contributed by atoms with Crippen molar-refractivity contribution in [1.82, 2.24) is 15.5 Å². The summed E-state index contributed by atoms with van der Waals surface area (Å²) < 4.78 is 10.6. The number of hydrogen-bond acceptors (Lipinski definition) is 5. The Balaban J connectivity index is 1.77. The maximum Gasteiger partial charge on any atom is 0.252 e. The van der Waals surface area contributed by atoms with Crippen LogP contribution in [0.25, 0.3) is 0 Å². The minimum absolute atomic E-state index is 0.180. The van der Waals surface area contributed by atoms with E-state index in [0.717, 1.165) is 0 Å². The molecule has 1 aliphatic carbocycles. The molecule has 0 saturated heterocycles. The summed E-state index contributed by atoms with van der Waals surface area (Å²) in [5.41, 5.74) is -0.180. The van der Waals surface area contributed by atoms with Gasteiger partial charge in [0, 0.05) is 6.04 Å². The lowest BCUT2D eigenvalue weighted by Gasteiger charge is -2.17. The molecule has 1 heterocycles. The van der Waals surface area contributed by atoms with Crippen LogP contribution in [0.15, 0.2) is 4.52 Å². The Hall–Kier alpha value is -0.940. The van der Waals surface area contributed by atoms with E-state index in [4.69, 9.17) is 9.26 Å². The Kier molecular flexibility index (Phi) is 3.25. The van der Waals surface area contributed by atoms with E-state index < -0.39 is 0 Å². The van der Waals surface area contributed by atoms with Crippen molar-refractivity contribution in [2.24, 2.45) is 0 Å². The monoisotopic (exact) mass is 225 g/mol. The van der Waals surface area contributed by atoms with Crippen LogP contribution in [-0.4, -0.2) is 21.8 Å². The number of rotatable bonds is 5. The van der Waals surface area contributed by atoms with Gasteiger partial charge in [-0.2, -0.15) is 4.98 Å². The zero-order chi connectivity index (χ0) is 11.6. The van der Waals surface area contributed by atoms with E-state index >= 15 is 0 Å². The molecule has 1 N–H and O–H groups in total. The predicted octanol–water partition coefficient (Wildman–Crippen LogP) is 1.64. The summed E-state index contributed by atoms with van der Waals surface area (Å²) in [5.74, 6) is 1.25. The van der Waals surface area contributed by atoms with Gasteiger partial charge in [0.25, 0.3) is 5.89 Å². The number of hydrogen-bond donors (Lipinski definition) is 1. The van der Waals surface area contributed by atoms with Crippen molar-refractivity contribution in [3.8, 4) is 0 Å². The summed E-state index contributed by atoms with van der Waals surface area (Å²) in [6.45, 7) is 7.06. The molecule has 16 heavy (non-hydrogen) atoms. The minimum atomic E-state index is -0.180. The Labute approximate surface area is 95.6 Å². The second-order valence-electron chi connectivity index (χ2n) is 5.16. The number of nitrogens with one attached hydrogen (secondary N) is 1. The lowest BCUT2D eigenvalue weighted by molar-refractivity contribution is -0.0260. The molecular formula is C11H19N3O2. The van der Waals surface area contributed by atoms with Crippen LogP contribution in [0.5, 0.6) is 0 Å². The van der Waals surface area contributed by atoms with Gasteiger partial charge in [-0.15, -0.1) is 0 Å². The SMILES string of the molecule is CC(C)(C)OCc1nc(CNC2CC2)no1. The molecule has 0 atom stereocenters. The van der Waals surface area contributed by atoms with Crippen molar-refractivity contribution in [2.45, 2.75) is 58.4 Å². The molecule has 0 radical (unpaired) electrons. The molecule has 0 aromatic carbocycles. The van der Waals surface area contributed by atoms with Gasteiger partial charge in [-0.3, -0.25) is 0 Å². The molecule has 0 amide bonds. The second-order valence-corrected chi connectivity index (χ2v) is 5.16. The standard InChI is InChI=1S/C11H19N3O2/c1-11(2,3)15-7-10-13-9(14-16-10)6-12-8-4-5-8/h8,12H,4-7H2,1-3H3. The zero-order valence-electron chi connectivity index (χ0n) is 10.1. The lowest BCUT2D eigenvalue weighted by atomic mass is 10.2. The van der Waals surface area contributed by atoms with E-state index in [2.05, 4.69) is 15.5 Å². The van der Waals surface area contributed by atoms with Crippen molar-refractivity contribution in [3.63, 3.8) is 0 Å². The number of nitrogens with zero attached hydrogens (tertiary/aromatic N) is 2. The average molecular weight is 225 g/mol. The summed E-state index contributed by atoms with van der Waals surface area (Å²) >= 11 is 0. The van der Waals surface area contributed by atoms with Gasteiger partial charge in [0.1, 0.15) is 6.61 Å². The first-order valence-corrected chi connectivity index (χ1v) is 5.72. The van der Waals surface area contributed by atoms with Gasteiger partial charge in [0.2, 0.25) is 0 Å². The normalized spacial score (nSPS) is 16.7. The van der Waals surface area contributed by atoms with Gasteiger partial charge in [0.05, 0.1) is 12.1 Å². The van der Waals surface area contributed by atoms with Crippen molar-refractivity contribution >= 4 is 0 Å². The third-order valence-electron chi connectivity index (χ3n) is 2.27. The van der Waals surface area contributed by atoms with Gasteiger partial charge >= 0.3 is 0 Å². The highest BCUT2D eigenvalue weighted by Gasteiger charge is 2.21. The van der Waals surface area contributed by atoms with Crippen LogP contribution in [0.3, 0.4) is 0 Å². The average Bonchev–Trinajstić information content (AvgIpc) is 2.91. The quantitative estimate of drug-likeness (QED) is 0.825. The second kappa shape index (κ2) is 4.51. The lowest BCUT2D eigenvalue weighted by Crippen LogP contribution is -2.19. The molecule has 90 valence electrons. The maximum absolute atomic E-state index is 5.55.